The summed E-state index contributed by atoms with van der Waals surface area (Å²) < 4.78 is 11.3. The highest BCUT2D eigenvalue weighted by molar-refractivity contribution is 5.76. The summed E-state index contributed by atoms with van der Waals surface area (Å²) >= 11 is 0. The lowest BCUT2D eigenvalue weighted by Gasteiger charge is -2.40. The maximum Gasteiger partial charge on any atom is 0.220 e. The van der Waals surface area contributed by atoms with Crippen molar-refractivity contribution in [1.82, 2.24) is 5.32 Å². The number of carbonyl (C=O) groups is 1. The van der Waals surface area contributed by atoms with Gasteiger partial charge in [0, 0.05) is 6.42 Å². The topological polar surface area (TPSA) is 149 Å². The SMILES string of the molecule is CCCCCCCCCCC/C=C\C/C=C\CCCCCCCCCCCCCCCCCCCC(=O)NC(COC1OC(CO)C(O)C(O)C1O)C(O)/C=C/CC/C=C/CCCCCCCCCCCC. The third-order valence-electron chi connectivity index (χ3n) is 14.6. The monoisotopic (exact) mass is 1020 g/mol. The predicted octanol–water partition coefficient (Wildman–Crippen LogP) is 15.7. The number of aliphatic hydroxyl groups excluding tert-OH is 5. The molecule has 0 aromatic rings. The predicted molar refractivity (Wildman–Crippen MR) is 304 cm³/mol. The number of unbranched alkanes of at least 4 members (excludes halogenated alkanes) is 37. The lowest BCUT2D eigenvalue weighted by molar-refractivity contribution is -0.302. The van der Waals surface area contributed by atoms with Crippen molar-refractivity contribution in [3.8, 4) is 0 Å². The summed E-state index contributed by atoms with van der Waals surface area (Å²) in [5.74, 6) is -0.184. The van der Waals surface area contributed by atoms with Crippen LogP contribution in [0, 0.1) is 0 Å². The quantitative estimate of drug-likeness (QED) is 0.0261. The molecule has 6 N–H and O–H groups in total. The van der Waals surface area contributed by atoms with Crippen LogP contribution in [-0.2, 0) is 14.3 Å². The van der Waals surface area contributed by atoms with Gasteiger partial charge in [-0.1, -0.05) is 268 Å². The Kier molecular flexibility index (Phi) is 49.8. The number of amides is 1. The van der Waals surface area contributed by atoms with Gasteiger partial charge in [-0.05, 0) is 64.2 Å². The first-order chi connectivity index (χ1) is 35.3. The first kappa shape index (κ1) is 68.2. The molecular weight excluding hydrogens is 899 g/mol. The van der Waals surface area contributed by atoms with Crippen LogP contribution < -0.4 is 5.32 Å². The summed E-state index contributed by atoms with van der Waals surface area (Å²) in [5, 5.41) is 54.5. The molecule has 0 aromatic carbocycles. The molecule has 7 atom stereocenters. The maximum absolute atomic E-state index is 13.1. The normalized spacial score (nSPS) is 19.5. The van der Waals surface area contributed by atoms with Crippen molar-refractivity contribution < 1.29 is 39.8 Å². The van der Waals surface area contributed by atoms with Gasteiger partial charge in [-0.25, -0.2) is 0 Å². The molecule has 1 rings (SSSR count). The van der Waals surface area contributed by atoms with Gasteiger partial charge in [-0.3, -0.25) is 4.79 Å². The standard InChI is InChI=1S/C63H117NO8/c1-3-5-7-9-11-13-15-17-19-21-22-23-24-25-26-27-28-29-30-31-32-33-34-35-36-37-39-41-43-45-47-49-51-53-59(67)64-56(55-71-63-62(70)61(69)60(68)58(54-65)72-63)57(66)52-50-48-46-44-42-40-38-20-18-16-14-12-10-8-6-4-2/h22-23,25-26,42,44,50,52,56-58,60-63,65-66,68-70H,3-21,24,27-41,43,45-49,51,53-55H2,1-2H3,(H,64,67)/b23-22-,26-25-,44-42+,52-50+. The van der Waals surface area contributed by atoms with E-state index in [0.29, 0.717) is 6.42 Å². The number of rotatable bonds is 53. The molecule has 0 radical (unpaired) electrons. The Hall–Kier alpha value is -1.85. The molecule has 9 nitrogen and oxygen atoms in total. The van der Waals surface area contributed by atoms with Crippen LogP contribution in [0.3, 0.4) is 0 Å². The molecule has 1 amide bonds. The molecule has 0 bridgehead atoms. The molecule has 1 heterocycles. The zero-order valence-electron chi connectivity index (χ0n) is 46.9. The van der Waals surface area contributed by atoms with E-state index in [9.17, 15) is 30.3 Å². The molecule has 1 aliphatic heterocycles. The van der Waals surface area contributed by atoms with Crippen LogP contribution >= 0.6 is 0 Å². The Labute approximate surface area is 444 Å². The lowest BCUT2D eigenvalue weighted by atomic mass is 9.99. The van der Waals surface area contributed by atoms with Crippen molar-refractivity contribution in [2.45, 2.75) is 333 Å². The average molecular weight is 1020 g/mol. The summed E-state index contributed by atoms with van der Waals surface area (Å²) in [4.78, 5) is 13.1. The number of allylic oxidation sites excluding steroid dienone is 7. The van der Waals surface area contributed by atoms with Gasteiger partial charge in [0.2, 0.25) is 5.91 Å². The maximum atomic E-state index is 13.1. The highest BCUT2D eigenvalue weighted by Gasteiger charge is 2.44. The Bertz CT molecular complexity index is 1270. The smallest absolute Gasteiger partial charge is 0.220 e. The molecule has 0 aromatic heterocycles. The van der Waals surface area contributed by atoms with E-state index >= 15 is 0 Å². The second kappa shape index (κ2) is 52.6. The largest absolute Gasteiger partial charge is 0.394 e. The Morgan fingerprint density at radius 1 is 0.472 bits per heavy atom. The molecule has 422 valence electrons. The van der Waals surface area contributed by atoms with E-state index in [1.54, 1.807) is 6.08 Å². The van der Waals surface area contributed by atoms with Gasteiger partial charge < -0.3 is 40.3 Å². The van der Waals surface area contributed by atoms with Crippen LogP contribution in [0.5, 0.6) is 0 Å². The molecule has 1 aliphatic rings. The molecule has 0 aliphatic carbocycles. The van der Waals surface area contributed by atoms with Crippen LogP contribution in [-0.4, -0.2) is 87.5 Å². The molecule has 1 saturated heterocycles. The van der Waals surface area contributed by atoms with Gasteiger partial charge in [0.05, 0.1) is 25.4 Å². The third kappa shape index (κ3) is 41.4. The fraction of sp³-hybridized carbons (Fsp3) is 0.857. The molecule has 9 heteroatoms. The van der Waals surface area contributed by atoms with E-state index in [2.05, 4.69) is 55.6 Å². The Morgan fingerprint density at radius 2 is 0.833 bits per heavy atom. The number of carbonyl (C=O) groups excluding carboxylic acids is 1. The van der Waals surface area contributed by atoms with E-state index in [1.807, 2.05) is 6.08 Å². The fourth-order valence-electron chi connectivity index (χ4n) is 9.73. The van der Waals surface area contributed by atoms with Crippen molar-refractivity contribution in [3.63, 3.8) is 0 Å². The average Bonchev–Trinajstić information content (AvgIpc) is 3.38. The number of aliphatic hydroxyl groups is 5. The summed E-state index contributed by atoms with van der Waals surface area (Å²) in [6.45, 7) is 3.78. The van der Waals surface area contributed by atoms with Crippen LogP contribution in [0.2, 0.25) is 0 Å². The Morgan fingerprint density at radius 3 is 1.25 bits per heavy atom. The fourth-order valence-corrected chi connectivity index (χ4v) is 9.73. The molecule has 72 heavy (non-hydrogen) atoms. The third-order valence-corrected chi connectivity index (χ3v) is 14.6. The number of ether oxygens (including phenoxy) is 2. The lowest BCUT2D eigenvalue weighted by Crippen LogP contribution is -2.60. The van der Waals surface area contributed by atoms with Gasteiger partial charge in [-0.15, -0.1) is 0 Å². The van der Waals surface area contributed by atoms with E-state index in [-0.39, 0.29) is 12.5 Å². The summed E-state index contributed by atoms with van der Waals surface area (Å²) in [6.07, 6.45) is 63.4. The minimum atomic E-state index is -1.57. The molecule has 0 saturated carbocycles. The van der Waals surface area contributed by atoms with Crippen molar-refractivity contribution in [2.24, 2.45) is 0 Å². The highest BCUT2D eigenvalue weighted by Crippen LogP contribution is 2.23. The highest BCUT2D eigenvalue weighted by atomic mass is 16.7. The first-order valence-corrected chi connectivity index (χ1v) is 30.9. The van der Waals surface area contributed by atoms with Crippen molar-refractivity contribution >= 4 is 5.91 Å². The summed E-state index contributed by atoms with van der Waals surface area (Å²) in [7, 11) is 0. The number of hydrogen-bond acceptors (Lipinski definition) is 8. The zero-order chi connectivity index (χ0) is 52.2. The van der Waals surface area contributed by atoms with Crippen LogP contribution in [0.25, 0.3) is 0 Å². The summed E-state index contributed by atoms with van der Waals surface area (Å²) in [6, 6.07) is -0.822. The zero-order valence-corrected chi connectivity index (χ0v) is 46.9. The second-order valence-corrected chi connectivity index (χ2v) is 21.5. The molecule has 7 unspecified atom stereocenters. The molecule has 1 fully saturated rings. The van der Waals surface area contributed by atoms with E-state index in [4.69, 9.17) is 9.47 Å². The van der Waals surface area contributed by atoms with Crippen LogP contribution in [0.15, 0.2) is 48.6 Å². The van der Waals surface area contributed by atoms with Gasteiger partial charge in [0.15, 0.2) is 6.29 Å². The van der Waals surface area contributed by atoms with Crippen molar-refractivity contribution in [1.29, 1.82) is 0 Å². The van der Waals surface area contributed by atoms with Crippen LogP contribution in [0.1, 0.15) is 290 Å². The molecular formula is C63H117NO8. The van der Waals surface area contributed by atoms with Gasteiger partial charge >= 0.3 is 0 Å². The second-order valence-electron chi connectivity index (χ2n) is 21.5. The van der Waals surface area contributed by atoms with Crippen LogP contribution in [0.4, 0.5) is 0 Å². The van der Waals surface area contributed by atoms with E-state index < -0.39 is 49.5 Å². The molecule has 0 spiro atoms. The first-order valence-electron chi connectivity index (χ1n) is 30.9. The van der Waals surface area contributed by atoms with E-state index in [0.717, 1.165) is 44.9 Å². The van der Waals surface area contributed by atoms with Crippen molar-refractivity contribution in [3.05, 3.63) is 48.6 Å². The minimum absolute atomic E-state index is 0.184. The summed E-state index contributed by atoms with van der Waals surface area (Å²) in [5.41, 5.74) is 0. The van der Waals surface area contributed by atoms with E-state index in [1.165, 1.54) is 225 Å². The Balaban J connectivity index is 2.14. The minimum Gasteiger partial charge on any atom is -0.394 e. The number of hydrogen-bond donors (Lipinski definition) is 6. The van der Waals surface area contributed by atoms with Crippen molar-refractivity contribution in [2.75, 3.05) is 13.2 Å². The van der Waals surface area contributed by atoms with Gasteiger partial charge in [-0.2, -0.15) is 0 Å². The van der Waals surface area contributed by atoms with Gasteiger partial charge in [0.25, 0.3) is 0 Å². The number of nitrogens with one attached hydrogen (secondary N) is 1. The van der Waals surface area contributed by atoms with Gasteiger partial charge in [0.1, 0.15) is 24.4 Å².